The summed E-state index contributed by atoms with van der Waals surface area (Å²) in [5.41, 5.74) is -0.310. The van der Waals surface area contributed by atoms with Gasteiger partial charge in [0.2, 0.25) is 0 Å². The molecule has 0 aromatic heterocycles. The lowest BCUT2D eigenvalue weighted by atomic mass is 10.0. The number of carboxylic acids is 1. The fourth-order valence-corrected chi connectivity index (χ4v) is 1.75. The summed E-state index contributed by atoms with van der Waals surface area (Å²) >= 11 is 0. The molecule has 2 N–H and O–H groups in total. The number of aliphatic hydroxyl groups is 1. The summed E-state index contributed by atoms with van der Waals surface area (Å²) in [5, 5.41) is 29.1. The van der Waals surface area contributed by atoms with Gasteiger partial charge in [-0.25, -0.2) is 4.79 Å². The van der Waals surface area contributed by atoms with Crippen LogP contribution in [0.2, 0.25) is 0 Å². The van der Waals surface area contributed by atoms with Crippen molar-refractivity contribution in [1.29, 1.82) is 0 Å². The molecule has 0 saturated carbocycles. The van der Waals surface area contributed by atoms with E-state index in [9.17, 15) is 24.8 Å². The molecule has 21 heavy (non-hydrogen) atoms. The summed E-state index contributed by atoms with van der Waals surface area (Å²) < 4.78 is 4.74. The zero-order valence-electron chi connectivity index (χ0n) is 11.3. The molecule has 0 aliphatic carbocycles. The zero-order chi connectivity index (χ0) is 16.0. The third-order valence-electron chi connectivity index (χ3n) is 2.74. The zero-order valence-corrected chi connectivity index (χ0v) is 11.3. The number of aliphatic hydroxyl groups excluding tert-OH is 1. The number of carbonyl (C=O) groups is 2. The Hall–Kier alpha value is -2.48. The Labute approximate surface area is 120 Å². The highest BCUT2D eigenvalue weighted by Gasteiger charge is 2.26. The second kappa shape index (κ2) is 7.34. The number of carboxylic acid groups (broad SMARTS) is 1. The Morgan fingerprint density at radius 3 is 2.62 bits per heavy atom. The highest BCUT2D eigenvalue weighted by molar-refractivity contribution is 5.76. The van der Waals surface area contributed by atoms with E-state index in [0.717, 1.165) is 6.07 Å². The van der Waals surface area contributed by atoms with Crippen molar-refractivity contribution < 1.29 is 29.5 Å². The topological polar surface area (TPSA) is 127 Å². The maximum atomic E-state index is 11.2. The Kier molecular flexibility index (Phi) is 5.79. The summed E-state index contributed by atoms with van der Waals surface area (Å²) in [4.78, 5) is 32.1. The van der Waals surface area contributed by atoms with Gasteiger partial charge in [-0.05, 0) is 25.0 Å². The molecule has 8 nitrogen and oxygen atoms in total. The van der Waals surface area contributed by atoms with Gasteiger partial charge >= 0.3 is 11.9 Å². The van der Waals surface area contributed by atoms with Crippen LogP contribution in [0.3, 0.4) is 0 Å². The first kappa shape index (κ1) is 16.6. The summed E-state index contributed by atoms with van der Waals surface area (Å²) in [6.45, 7) is 1.92. The molecule has 1 aromatic rings. The Balaban J connectivity index is 2.96. The van der Waals surface area contributed by atoms with E-state index in [-0.39, 0.29) is 25.0 Å². The van der Waals surface area contributed by atoms with Gasteiger partial charge in [-0.1, -0.05) is 6.07 Å². The predicted molar refractivity (Wildman–Crippen MR) is 70.6 cm³/mol. The highest BCUT2D eigenvalue weighted by Crippen LogP contribution is 2.27. The van der Waals surface area contributed by atoms with Gasteiger partial charge in [0.05, 0.1) is 17.1 Å². The number of ether oxygens (including phenoxy) is 1. The van der Waals surface area contributed by atoms with Crippen molar-refractivity contribution in [2.45, 2.75) is 25.9 Å². The van der Waals surface area contributed by atoms with Gasteiger partial charge in [-0.15, -0.1) is 0 Å². The largest absolute Gasteiger partial charge is 0.479 e. The predicted octanol–water partition coefficient (Wildman–Crippen LogP) is 1.21. The van der Waals surface area contributed by atoms with Crippen LogP contribution in [0.5, 0.6) is 0 Å². The number of benzene rings is 1. The van der Waals surface area contributed by atoms with Crippen molar-refractivity contribution >= 4 is 17.6 Å². The van der Waals surface area contributed by atoms with Crippen LogP contribution < -0.4 is 0 Å². The molecule has 0 heterocycles. The second-order valence-corrected chi connectivity index (χ2v) is 4.20. The minimum absolute atomic E-state index is 0.0613. The van der Waals surface area contributed by atoms with Gasteiger partial charge < -0.3 is 14.9 Å². The first-order chi connectivity index (χ1) is 9.86. The van der Waals surface area contributed by atoms with Crippen molar-refractivity contribution in [1.82, 2.24) is 0 Å². The number of hydrogen-bond acceptors (Lipinski definition) is 6. The molecule has 1 aromatic carbocycles. The third-order valence-corrected chi connectivity index (χ3v) is 2.74. The van der Waals surface area contributed by atoms with Crippen LogP contribution >= 0.6 is 0 Å². The monoisotopic (exact) mass is 297 g/mol. The van der Waals surface area contributed by atoms with Gasteiger partial charge in [-0.2, -0.15) is 0 Å². The first-order valence-corrected chi connectivity index (χ1v) is 6.20. The number of esters is 1. The SMILES string of the molecule is CCOC(=O)CCc1ccc(C(O)C(=O)O)c([N+](=O)[O-])c1. The molecule has 0 fully saturated rings. The van der Waals surface area contributed by atoms with Crippen molar-refractivity contribution in [3.63, 3.8) is 0 Å². The molecule has 0 radical (unpaired) electrons. The molecule has 0 aliphatic rings. The number of hydrogen-bond donors (Lipinski definition) is 2. The molecule has 1 rings (SSSR count). The van der Waals surface area contributed by atoms with Gasteiger partial charge in [0, 0.05) is 12.5 Å². The van der Waals surface area contributed by atoms with E-state index in [1.807, 2.05) is 0 Å². The lowest BCUT2D eigenvalue weighted by Gasteiger charge is -2.08. The standard InChI is InChI=1S/C13H15NO7/c1-2-21-11(15)6-4-8-3-5-9(12(16)13(17)18)10(7-8)14(19)20/h3,5,7,12,16H,2,4,6H2,1H3,(H,17,18). The maximum absolute atomic E-state index is 11.2. The molecule has 1 atom stereocenters. The summed E-state index contributed by atoms with van der Waals surface area (Å²) in [7, 11) is 0. The molecule has 114 valence electrons. The average Bonchev–Trinajstić information content (AvgIpc) is 2.44. The Morgan fingerprint density at radius 1 is 1.43 bits per heavy atom. The van der Waals surface area contributed by atoms with Crippen LogP contribution in [0.15, 0.2) is 18.2 Å². The molecule has 0 bridgehead atoms. The van der Waals surface area contributed by atoms with Gasteiger partial charge in [0.1, 0.15) is 0 Å². The number of rotatable bonds is 7. The normalized spacial score (nSPS) is 11.7. The maximum Gasteiger partial charge on any atom is 0.337 e. The summed E-state index contributed by atoms with van der Waals surface area (Å²) in [6, 6.07) is 3.77. The molecule has 0 saturated heterocycles. The van der Waals surface area contributed by atoms with E-state index in [4.69, 9.17) is 9.84 Å². The van der Waals surface area contributed by atoms with Gasteiger partial charge in [0.15, 0.2) is 6.10 Å². The Morgan fingerprint density at radius 2 is 2.10 bits per heavy atom. The van der Waals surface area contributed by atoms with Crippen molar-refractivity contribution in [2.75, 3.05) is 6.61 Å². The molecule has 8 heteroatoms. The first-order valence-electron chi connectivity index (χ1n) is 6.20. The third kappa shape index (κ3) is 4.53. The molecule has 0 aliphatic heterocycles. The number of aryl methyl sites for hydroxylation is 1. The average molecular weight is 297 g/mol. The minimum Gasteiger partial charge on any atom is -0.479 e. The van der Waals surface area contributed by atoms with Crippen LogP contribution in [0.25, 0.3) is 0 Å². The molecule has 1 unspecified atom stereocenters. The smallest absolute Gasteiger partial charge is 0.337 e. The summed E-state index contributed by atoms with van der Waals surface area (Å²) in [6.07, 6.45) is -1.68. The van der Waals surface area contributed by atoms with E-state index in [1.54, 1.807) is 6.92 Å². The highest BCUT2D eigenvalue weighted by atomic mass is 16.6. The fraction of sp³-hybridized carbons (Fsp3) is 0.385. The number of nitro groups is 1. The van der Waals surface area contributed by atoms with Crippen molar-refractivity contribution in [3.05, 3.63) is 39.4 Å². The van der Waals surface area contributed by atoms with Crippen molar-refractivity contribution in [3.8, 4) is 0 Å². The summed E-state index contributed by atoms with van der Waals surface area (Å²) in [5.74, 6) is -1.99. The number of nitrogens with zero attached hydrogens (tertiary/aromatic N) is 1. The van der Waals surface area contributed by atoms with Crippen LogP contribution in [-0.4, -0.2) is 33.7 Å². The van der Waals surface area contributed by atoms with Crippen LogP contribution in [0.4, 0.5) is 5.69 Å². The van der Waals surface area contributed by atoms with Gasteiger partial charge in [0.25, 0.3) is 5.69 Å². The van der Waals surface area contributed by atoms with E-state index < -0.39 is 28.7 Å². The number of nitro benzene ring substituents is 1. The van der Waals surface area contributed by atoms with Crippen LogP contribution in [0, 0.1) is 10.1 Å². The number of aliphatic carboxylic acids is 1. The van der Waals surface area contributed by atoms with E-state index >= 15 is 0 Å². The van der Waals surface area contributed by atoms with Gasteiger partial charge in [-0.3, -0.25) is 14.9 Å². The Bertz CT molecular complexity index is 555. The fourth-order valence-electron chi connectivity index (χ4n) is 1.75. The number of carbonyl (C=O) groups excluding carboxylic acids is 1. The molecule has 0 spiro atoms. The quantitative estimate of drug-likeness (QED) is 0.440. The lowest BCUT2D eigenvalue weighted by molar-refractivity contribution is -0.386. The van der Waals surface area contributed by atoms with E-state index in [0.29, 0.717) is 5.56 Å². The van der Waals surface area contributed by atoms with E-state index in [2.05, 4.69) is 0 Å². The molecular weight excluding hydrogens is 282 g/mol. The second-order valence-electron chi connectivity index (χ2n) is 4.20. The minimum atomic E-state index is -1.97. The van der Waals surface area contributed by atoms with Crippen LogP contribution in [-0.2, 0) is 20.7 Å². The van der Waals surface area contributed by atoms with E-state index in [1.165, 1.54) is 12.1 Å². The van der Waals surface area contributed by atoms with Crippen molar-refractivity contribution in [2.24, 2.45) is 0 Å². The van der Waals surface area contributed by atoms with Crippen LogP contribution in [0.1, 0.15) is 30.6 Å². The molecular formula is C13H15NO7. The lowest BCUT2D eigenvalue weighted by Crippen LogP contribution is -2.13. The molecule has 0 amide bonds.